The second-order valence-corrected chi connectivity index (χ2v) is 7.37. The molecule has 0 aromatic carbocycles. The molecule has 2 aliphatic rings. The van der Waals surface area contributed by atoms with Crippen molar-refractivity contribution in [1.29, 1.82) is 0 Å². The number of aromatic nitrogens is 2. The average Bonchev–Trinajstić information content (AvgIpc) is 3.01. The number of rotatable bonds is 4. The van der Waals surface area contributed by atoms with Gasteiger partial charge in [0, 0.05) is 22.5 Å². The summed E-state index contributed by atoms with van der Waals surface area (Å²) in [6.45, 7) is 2.21. The van der Waals surface area contributed by atoms with E-state index in [1.54, 1.807) is 0 Å². The first-order valence-corrected chi connectivity index (χ1v) is 8.81. The van der Waals surface area contributed by atoms with Crippen molar-refractivity contribution in [2.24, 2.45) is 0 Å². The molecule has 3 rings (SSSR count). The highest BCUT2D eigenvalue weighted by Crippen LogP contribution is 2.29. The predicted octanol–water partition coefficient (Wildman–Crippen LogP) is 2.69. The van der Waals surface area contributed by atoms with E-state index < -0.39 is 0 Å². The van der Waals surface area contributed by atoms with Crippen molar-refractivity contribution in [2.75, 3.05) is 5.75 Å². The van der Waals surface area contributed by atoms with Gasteiger partial charge in [-0.15, -0.1) is 0 Å². The van der Waals surface area contributed by atoms with Gasteiger partial charge in [0.15, 0.2) is 5.69 Å². The average molecular weight is 293 g/mol. The number of H-pyrrole nitrogens is 1. The van der Waals surface area contributed by atoms with E-state index in [0.717, 1.165) is 43.4 Å². The molecule has 0 spiro atoms. The molecule has 4 nitrogen and oxygen atoms in total. The van der Waals surface area contributed by atoms with Crippen LogP contribution in [0.3, 0.4) is 0 Å². The Hall–Kier alpha value is -0.970. The first-order chi connectivity index (χ1) is 9.78. The number of aryl methyl sites for hydroxylation is 1. The van der Waals surface area contributed by atoms with E-state index in [4.69, 9.17) is 0 Å². The van der Waals surface area contributed by atoms with Gasteiger partial charge in [-0.3, -0.25) is 9.89 Å². The Kier molecular flexibility index (Phi) is 4.34. The molecule has 1 aromatic heterocycles. The largest absolute Gasteiger partial charge is 0.348 e. The van der Waals surface area contributed by atoms with E-state index in [-0.39, 0.29) is 5.91 Å². The maximum absolute atomic E-state index is 12.4. The summed E-state index contributed by atoms with van der Waals surface area (Å²) in [5.41, 5.74) is 2.96. The third-order valence-corrected chi connectivity index (χ3v) is 5.62. The Labute approximate surface area is 124 Å². The van der Waals surface area contributed by atoms with Crippen LogP contribution in [-0.4, -0.2) is 33.1 Å². The zero-order valence-electron chi connectivity index (χ0n) is 12.1. The van der Waals surface area contributed by atoms with E-state index in [9.17, 15) is 4.79 Å². The molecule has 2 N–H and O–H groups in total. The minimum atomic E-state index is 0.0246. The monoisotopic (exact) mass is 293 g/mol. The summed E-state index contributed by atoms with van der Waals surface area (Å²) in [5, 5.41) is 11.2. The van der Waals surface area contributed by atoms with Crippen LogP contribution in [-0.2, 0) is 12.8 Å². The van der Waals surface area contributed by atoms with Crippen LogP contribution in [0.25, 0.3) is 0 Å². The van der Waals surface area contributed by atoms with Gasteiger partial charge in [-0.05, 0) is 44.3 Å². The van der Waals surface area contributed by atoms with Crippen molar-refractivity contribution >= 4 is 17.7 Å². The maximum Gasteiger partial charge on any atom is 0.272 e. The molecule has 1 saturated carbocycles. The number of carbonyl (C=O) groups is 1. The molecule has 110 valence electrons. The van der Waals surface area contributed by atoms with E-state index >= 15 is 0 Å². The second kappa shape index (κ2) is 6.20. The molecule has 0 radical (unpaired) electrons. The second-order valence-electron chi connectivity index (χ2n) is 5.80. The molecule has 2 atom stereocenters. The summed E-state index contributed by atoms with van der Waals surface area (Å²) in [6.07, 6.45) is 7.91. The number of nitrogens with one attached hydrogen (secondary N) is 2. The predicted molar refractivity (Wildman–Crippen MR) is 82.3 cm³/mol. The summed E-state index contributed by atoms with van der Waals surface area (Å²) >= 11 is 2.03. The molecular formula is C15H23N3OS. The first-order valence-electron chi connectivity index (χ1n) is 7.76. The van der Waals surface area contributed by atoms with Gasteiger partial charge in [-0.1, -0.05) is 13.3 Å². The molecule has 0 aliphatic heterocycles. The fourth-order valence-electron chi connectivity index (χ4n) is 3.42. The number of amides is 1. The van der Waals surface area contributed by atoms with Crippen LogP contribution in [0.15, 0.2) is 0 Å². The molecule has 1 aromatic rings. The highest BCUT2D eigenvalue weighted by atomic mass is 32.2. The fraction of sp³-hybridized carbons (Fsp3) is 0.733. The van der Waals surface area contributed by atoms with Gasteiger partial charge in [0.25, 0.3) is 5.91 Å². The lowest BCUT2D eigenvalue weighted by Crippen LogP contribution is -2.39. The van der Waals surface area contributed by atoms with E-state index in [2.05, 4.69) is 22.4 Å². The summed E-state index contributed by atoms with van der Waals surface area (Å²) in [5.74, 6) is 1.19. The van der Waals surface area contributed by atoms with Crippen LogP contribution in [0.1, 0.15) is 60.8 Å². The van der Waals surface area contributed by atoms with Crippen molar-refractivity contribution in [3.05, 3.63) is 17.0 Å². The lowest BCUT2D eigenvalue weighted by atomic mass is 9.95. The van der Waals surface area contributed by atoms with E-state index in [1.807, 2.05) is 11.8 Å². The standard InChI is InChI=1S/C15H23N3OS/c1-2-20-11-6-3-5-10(9-11)16-15(19)14-12-7-4-8-13(12)17-18-14/h10-11H,2-9H2,1H3,(H,16,19)(H,17,18)/t10-,11+/m1/s1. The molecule has 1 fully saturated rings. The van der Waals surface area contributed by atoms with Crippen molar-refractivity contribution in [2.45, 2.75) is 63.2 Å². The molecule has 0 bridgehead atoms. The van der Waals surface area contributed by atoms with Crippen molar-refractivity contribution < 1.29 is 4.79 Å². The van der Waals surface area contributed by atoms with Gasteiger partial charge in [0.2, 0.25) is 0 Å². The lowest BCUT2D eigenvalue weighted by Gasteiger charge is -2.29. The van der Waals surface area contributed by atoms with Gasteiger partial charge in [-0.2, -0.15) is 16.9 Å². The summed E-state index contributed by atoms with van der Waals surface area (Å²) in [4.78, 5) is 12.4. The molecule has 0 saturated heterocycles. The Morgan fingerprint density at radius 1 is 1.40 bits per heavy atom. The molecule has 0 unspecified atom stereocenters. The van der Waals surface area contributed by atoms with Crippen LogP contribution in [0.5, 0.6) is 0 Å². The number of aromatic amines is 1. The smallest absolute Gasteiger partial charge is 0.272 e. The van der Waals surface area contributed by atoms with Crippen LogP contribution < -0.4 is 5.32 Å². The van der Waals surface area contributed by atoms with E-state index in [0.29, 0.717) is 17.0 Å². The van der Waals surface area contributed by atoms with Crippen LogP contribution >= 0.6 is 11.8 Å². The van der Waals surface area contributed by atoms with E-state index in [1.165, 1.54) is 18.5 Å². The molecule has 1 heterocycles. The number of thioether (sulfide) groups is 1. The highest BCUT2D eigenvalue weighted by molar-refractivity contribution is 7.99. The Balaban J connectivity index is 1.61. The zero-order valence-corrected chi connectivity index (χ0v) is 12.9. The molecule has 1 amide bonds. The van der Waals surface area contributed by atoms with Crippen LogP contribution in [0.2, 0.25) is 0 Å². The van der Waals surface area contributed by atoms with Gasteiger partial charge in [0.1, 0.15) is 0 Å². The molecular weight excluding hydrogens is 270 g/mol. The highest BCUT2D eigenvalue weighted by Gasteiger charge is 2.27. The van der Waals surface area contributed by atoms with Gasteiger partial charge < -0.3 is 5.32 Å². The minimum absolute atomic E-state index is 0.0246. The molecule has 2 aliphatic carbocycles. The third kappa shape index (κ3) is 2.87. The normalized spacial score (nSPS) is 25.4. The van der Waals surface area contributed by atoms with Crippen molar-refractivity contribution in [3.63, 3.8) is 0 Å². The van der Waals surface area contributed by atoms with Crippen molar-refractivity contribution in [1.82, 2.24) is 15.5 Å². The number of carbonyl (C=O) groups excluding carboxylic acids is 1. The quantitative estimate of drug-likeness (QED) is 0.897. The van der Waals surface area contributed by atoms with Gasteiger partial charge in [-0.25, -0.2) is 0 Å². The topological polar surface area (TPSA) is 57.8 Å². The number of hydrogen-bond acceptors (Lipinski definition) is 3. The fourth-order valence-corrected chi connectivity index (χ4v) is 4.60. The summed E-state index contributed by atoms with van der Waals surface area (Å²) in [6, 6.07) is 0.328. The maximum atomic E-state index is 12.4. The van der Waals surface area contributed by atoms with Gasteiger partial charge in [0.05, 0.1) is 0 Å². The zero-order chi connectivity index (χ0) is 13.9. The lowest BCUT2D eigenvalue weighted by molar-refractivity contribution is 0.0922. The van der Waals surface area contributed by atoms with Crippen molar-refractivity contribution in [3.8, 4) is 0 Å². The van der Waals surface area contributed by atoms with Gasteiger partial charge >= 0.3 is 0 Å². The Morgan fingerprint density at radius 2 is 2.30 bits per heavy atom. The molecule has 5 heteroatoms. The first kappa shape index (κ1) is 14.0. The molecule has 20 heavy (non-hydrogen) atoms. The third-order valence-electron chi connectivity index (χ3n) is 4.39. The van der Waals surface area contributed by atoms with Crippen LogP contribution in [0.4, 0.5) is 0 Å². The summed E-state index contributed by atoms with van der Waals surface area (Å²) < 4.78 is 0. The van der Waals surface area contributed by atoms with Crippen LogP contribution in [0, 0.1) is 0 Å². The Bertz CT molecular complexity index is 483. The number of nitrogens with zero attached hydrogens (tertiary/aromatic N) is 1. The Morgan fingerprint density at radius 3 is 3.15 bits per heavy atom. The summed E-state index contributed by atoms with van der Waals surface area (Å²) in [7, 11) is 0. The SMILES string of the molecule is CCS[C@H]1CCC[C@@H](NC(=O)c2n[nH]c3c2CCC3)C1. The minimum Gasteiger partial charge on any atom is -0.348 e. The number of fused-ring (bicyclic) bond motifs is 1. The number of hydrogen-bond donors (Lipinski definition) is 2.